The molecule has 4 rings (SSSR count). The number of aromatic nitrogens is 2. The molecule has 2 heterocycles. The maximum atomic E-state index is 12.5. The summed E-state index contributed by atoms with van der Waals surface area (Å²) in [5.41, 5.74) is 8.40. The van der Waals surface area contributed by atoms with Gasteiger partial charge in [0.05, 0.1) is 5.02 Å². The summed E-state index contributed by atoms with van der Waals surface area (Å²) in [5, 5.41) is 1.28. The number of hydrogen-bond donors (Lipinski definition) is 2. The largest absolute Gasteiger partial charge is 0.449 e. The van der Waals surface area contributed by atoms with E-state index in [0.717, 1.165) is 15.4 Å². The van der Waals surface area contributed by atoms with Crippen molar-refractivity contribution >= 4 is 49.6 Å². The molecule has 0 saturated carbocycles. The lowest BCUT2D eigenvalue weighted by Gasteiger charge is -2.18. The van der Waals surface area contributed by atoms with Crippen molar-refractivity contribution < 1.29 is 4.42 Å². The van der Waals surface area contributed by atoms with E-state index >= 15 is 0 Å². The zero-order chi connectivity index (χ0) is 19.3. The molecule has 5 nitrogen and oxygen atoms in total. The Balaban J connectivity index is 1.88. The summed E-state index contributed by atoms with van der Waals surface area (Å²) in [6, 6.07) is 11.2. The lowest BCUT2D eigenvalue weighted by atomic mass is 9.95. The average molecular weight is 447 g/mol. The van der Waals surface area contributed by atoms with E-state index in [1.807, 2.05) is 44.2 Å². The zero-order valence-electron chi connectivity index (χ0n) is 14.8. The first-order valence-corrected chi connectivity index (χ1v) is 9.58. The van der Waals surface area contributed by atoms with Crippen LogP contribution < -0.4 is 11.3 Å². The maximum Gasteiger partial charge on any atom is 0.294 e. The second-order valence-electron chi connectivity index (χ2n) is 7.31. The molecule has 4 aromatic rings. The topological polar surface area (TPSA) is 84.9 Å². The maximum absolute atomic E-state index is 12.5. The number of furan rings is 1. The minimum absolute atomic E-state index is 0.199. The molecule has 0 amide bonds. The molecule has 3 N–H and O–H groups in total. The Hall–Kier alpha value is -2.15. The van der Waals surface area contributed by atoms with E-state index < -0.39 is 0 Å². The Labute approximate surface area is 168 Å². The molecule has 27 heavy (non-hydrogen) atoms. The minimum Gasteiger partial charge on any atom is -0.449 e. The van der Waals surface area contributed by atoms with E-state index in [4.69, 9.17) is 21.8 Å². The van der Waals surface area contributed by atoms with Crippen molar-refractivity contribution in [1.82, 2.24) is 9.97 Å². The zero-order valence-corrected chi connectivity index (χ0v) is 17.1. The summed E-state index contributed by atoms with van der Waals surface area (Å²) in [7, 11) is 0. The number of aromatic amines is 1. The number of rotatable bonds is 3. The van der Waals surface area contributed by atoms with E-state index in [1.165, 1.54) is 0 Å². The lowest BCUT2D eigenvalue weighted by molar-refractivity contribution is 0.517. The molecule has 0 radical (unpaired) electrons. The van der Waals surface area contributed by atoms with Crippen molar-refractivity contribution in [1.29, 1.82) is 0 Å². The lowest BCUT2D eigenvalue weighted by Crippen LogP contribution is -2.34. The van der Waals surface area contributed by atoms with Crippen LogP contribution >= 0.6 is 27.5 Å². The van der Waals surface area contributed by atoms with E-state index in [1.54, 1.807) is 6.07 Å². The molecule has 0 unspecified atom stereocenters. The van der Waals surface area contributed by atoms with Crippen LogP contribution in [0.5, 0.6) is 0 Å². The number of nitrogens with zero attached hydrogens (tertiary/aromatic N) is 1. The fourth-order valence-corrected chi connectivity index (χ4v) is 3.79. The van der Waals surface area contributed by atoms with Gasteiger partial charge in [-0.05, 0) is 56.2 Å². The van der Waals surface area contributed by atoms with E-state index in [-0.39, 0.29) is 16.7 Å². The molecule has 0 atom stereocenters. The number of fused-ring (bicyclic) bond motifs is 3. The van der Waals surface area contributed by atoms with Crippen molar-refractivity contribution in [2.24, 2.45) is 5.73 Å². The SMILES string of the molecule is CC(C)(N)Cc1ccc(-c2nc3c(oc4ccc(Br)cc43)c(=O)[nH]2)c(Cl)c1. The van der Waals surface area contributed by atoms with Gasteiger partial charge in [-0.1, -0.05) is 33.6 Å². The van der Waals surface area contributed by atoms with Crippen molar-refractivity contribution in [2.45, 2.75) is 25.8 Å². The monoisotopic (exact) mass is 445 g/mol. The van der Waals surface area contributed by atoms with Gasteiger partial charge in [-0.15, -0.1) is 0 Å². The van der Waals surface area contributed by atoms with Crippen molar-refractivity contribution in [2.75, 3.05) is 0 Å². The van der Waals surface area contributed by atoms with Crippen LogP contribution in [0.3, 0.4) is 0 Å². The summed E-state index contributed by atoms with van der Waals surface area (Å²) in [4.78, 5) is 19.9. The highest BCUT2D eigenvalue weighted by atomic mass is 79.9. The van der Waals surface area contributed by atoms with E-state index in [0.29, 0.717) is 33.9 Å². The van der Waals surface area contributed by atoms with Crippen molar-refractivity contribution in [3.05, 3.63) is 61.8 Å². The molecule has 0 fully saturated rings. The van der Waals surface area contributed by atoms with Gasteiger partial charge < -0.3 is 15.1 Å². The Morgan fingerprint density at radius 3 is 2.74 bits per heavy atom. The molecule has 138 valence electrons. The van der Waals surface area contributed by atoms with Crippen LogP contribution in [-0.2, 0) is 6.42 Å². The first-order chi connectivity index (χ1) is 12.7. The number of nitrogens with two attached hydrogens (primary N) is 1. The summed E-state index contributed by atoms with van der Waals surface area (Å²) in [6.07, 6.45) is 0.691. The van der Waals surface area contributed by atoms with Gasteiger partial charge in [-0.25, -0.2) is 4.98 Å². The second kappa shape index (κ2) is 6.48. The first kappa shape index (κ1) is 18.2. The number of H-pyrrole nitrogens is 1. The molecule has 0 aliphatic rings. The molecule has 0 saturated heterocycles. The van der Waals surface area contributed by atoms with Crippen LogP contribution in [-0.4, -0.2) is 15.5 Å². The Morgan fingerprint density at radius 2 is 2.04 bits per heavy atom. The van der Waals surface area contributed by atoms with Crippen molar-refractivity contribution in [3.63, 3.8) is 0 Å². The number of benzene rings is 2. The molecule has 0 aliphatic carbocycles. The van der Waals surface area contributed by atoms with Crippen LogP contribution in [0.25, 0.3) is 33.5 Å². The smallest absolute Gasteiger partial charge is 0.294 e. The fourth-order valence-electron chi connectivity index (χ4n) is 3.14. The molecule has 2 aromatic heterocycles. The van der Waals surface area contributed by atoms with Crippen LogP contribution in [0.1, 0.15) is 19.4 Å². The predicted molar refractivity (Wildman–Crippen MR) is 112 cm³/mol. The Bertz CT molecular complexity index is 1240. The van der Waals surface area contributed by atoms with Crippen LogP contribution in [0.15, 0.2) is 50.1 Å². The molecule has 0 aliphatic heterocycles. The summed E-state index contributed by atoms with van der Waals surface area (Å²) in [5.74, 6) is 0.402. The third-order valence-corrected chi connectivity index (χ3v) is 5.04. The molecular weight excluding hydrogens is 430 g/mol. The van der Waals surface area contributed by atoms with Gasteiger partial charge in [0.1, 0.15) is 16.9 Å². The standard InChI is InChI=1S/C20H17BrClN3O2/c1-20(2,23)9-10-3-5-12(14(22)7-10)18-24-16-13-8-11(21)4-6-15(13)27-17(16)19(26)25-18/h3-8H,9,23H2,1-2H3,(H,24,25,26). The molecule has 0 spiro atoms. The predicted octanol–water partition coefficient (Wildman–Crippen LogP) is 5.03. The van der Waals surface area contributed by atoms with Crippen LogP contribution in [0, 0.1) is 0 Å². The van der Waals surface area contributed by atoms with Gasteiger partial charge in [0.25, 0.3) is 5.56 Å². The van der Waals surface area contributed by atoms with Gasteiger partial charge in [-0.3, -0.25) is 4.79 Å². The first-order valence-electron chi connectivity index (χ1n) is 8.41. The minimum atomic E-state index is -0.342. The van der Waals surface area contributed by atoms with Gasteiger partial charge in [-0.2, -0.15) is 0 Å². The van der Waals surface area contributed by atoms with Gasteiger partial charge in [0, 0.05) is 21.0 Å². The van der Waals surface area contributed by atoms with E-state index in [2.05, 4.69) is 25.9 Å². The van der Waals surface area contributed by atoms with Gasteiger partial charge >= 0.3 is 0 Å². The number of nitrogens with one attached hydrogen (secondary N) is 1. The summed E-state index contributed by atoms with van der Waals surface area (Å²) in [6.45, 7) is 3.92. The highest BCUT2D eigenvalue weighted by Crippen LogP contribution is 2.31. The second-order valence-corrected chi connectivity index (χ2v) is 8.64. The Morgan fingerprint density at radius 1 is 1.26 bits per heavy atom. The molecule has 0 bridgehead atoms. The quantitative estimate of drug-likeness (QED) is 0.462. The molecule has 2 aromatic carbocycles. The van der Waals surface area contributed by atoms with Gasteiger partial charge in [0.15, 0.2) is 0 Å². The summed E-state index contributed by atoms with van der Waals surface area (Å²) >= 11 is 9.92. The average Bonchev–Trinajstić information content (AvgIpc) is 2.92. The fraction of sp³-hybridized carbons (Fsp3) is 0.200. The Kier molecular flexibility index (Phi) is 4.37. The number of hydrogen-bond acceptors (Lipinski definition) is 4. The van der Waals surface area contributed by atoms with Crippen LogP contribution in [0.2, 0.25) is 5.02 Å². The molecule has 7 heteroatoms. The van der Waals surface area contributed by atoms with Gasteiger partial charge in [0.2, 0.25) is 5.58 Å². The third kappa shape index (κ3) is 3.52. The highest BCUT2D eigenvalue weighted by Gasteiger charge is 2.17. The summed E-state index contributed by atoms with van der Waals surface area (Å²) < 4.78 is 6.54. The number of halogens is 2. The molecular formula is C20H17BrClN3O2. The highest BCUT2D eigenvalue weighted by molar-refractivity contribution is 9.10. The third-order valence-electron chi connectivity index (χ3n) is 4.23. The van der Waals surface area contributed by atoms with Crippen molar-refractivity contribution in [3.8, 4) is 11.4 Å². The van der Waals surface area contributed by atoms with E-state index in [9.17, 15) is 4.79 Å². The normalized spacial score (nSPS) is 12.2. The van der Waals surface area contributed by atoms with Crippen LogP contribution in [0.4, 0.5) is 0 Å².